The molecule has 0 atom stereocenters. The van der Waals surface area contributed by atoms with Gasteiger partial charge in [0, 0.05) is 53.1 Å². The Morgan fingerprint density at radius 1 is 1.11 bits per heavy atom. The minimum atomic E-state index is -3.86. The van der Waals surface area contributed by atoms with Gasteiger partial charge in [-0.2, -0.15) is 5.10 Å². The Labute approximate surface area is 209 Å². The summed E-state index contributed by atoms with van der Waals surface area (Å²) in [5.74, 6) is -3.28. The Morgan fingerprint density at radius 2 is 1.89 bits per heavy atom. The van der Waals surface area contributed by atoms with Gasteiger partial charge in [0.15, 0.2) is 5.82 Å². The molecule has 0 amide bonds. The molecule has 0 saturated heterocycles. The topological polar surface area (TPSA) is 136 Å². The lowest BCUT2D eigenvalue weighted by Gasteiger charge is -2.11. The number of benzene rings is 1. The van der Waals surface area contributed by atoms with E-state index in [0.717, 1.165) is 12.1 Å². The molecule has 4 aromatic heterocycles. The molecule has 188 valence electrons. The van der Waals surface area contributed by atoms with Crippen LogP contribution >= 0.6 is 0 Å². The summed E-state index contributed by atoms with van der Waals surface area (Å²) in [6, 6.07) is 5.11. The highest BCUT2D eigenvalue weighted by molar-refractivity contribution is 7.92. The molecular weight excluding hydrogens is 504 g/mol. The SMILES string of the molecule is CCCS(=O)(=O)Nc1ccc(F)c(C(=O)c2c[nH]c3ncc(-c4cnn(-c5ncccn5)c4)cc23)c1F. The second-order valence-corrected chi connectivity index (χ2v) is 9.92. The fraction of sp³-hybridized carbons (Fsp3) is 0.125. The highest BCUT2D eigenvalue weighted by Crippen LogP contribution is 2.29. The standard InChI is InChI=1S/C24H19F2N7O3S/c1-2-8-37(35,36)32-19-5-4-18(25)20(21(19)26)22(34)17-12-30-23-16(17)9-14(10-29-23)15-11-31-33(13-15)24-27-6-3-7-28-24/h3-7,9-13,32H,2,8H2,1H3,(H,29,30). The zero-order chi connectivity index (χ0) is 26.2. The smallest absolute Gasteiger partial charge is 0.250 e. The predicted molar refractivity (Wildman–Crippen MR) is 132 cm³/mol. The van der Waals surface area contributed by atoms with Crippen LogP contribution in [-0.4, -0.2) is 49.7 Å². The van der Waals surface area contributed by atoms with Gasteiger partial charge in [0.2, 0.25) is 21.8 Å². The molecule has 37 heavy (non-hydrogen) atoms. The second kappa shape index (κ2) is 9.50. The van der Waals surface area contributed by atoms with E-state index in [1.165, 1.54) is 10.9 Å². The first-order valence-electron chi connectivity index (χ1n) is 11.1. The van der Waals surface area contributed by atoms with Crippen LogP contribution in [0.25, 0.3) is 28.1 Å². The molecule has 0 fully saturated rings. The zero-order valence-electron chi connectivity index (χ0n) is 19.3. The van der Waals surface area contributed by atoms with E-state index in [0.29, 0.717) is 34.5 Å². The lowest BCUT2D eigenvalue weighted by Crippen LogP contribution is -2.18. The number of nitrogens with one attached hydrogen (secondary N) is 2. The number of carbonyl (C=O) groups excluding carboxylic acids is 1. The molecule has 0 bridgehead atoms. The highest BCUT2D eigenvalue weighted by Gasteiger charge is 2.26. The number of rotatable bonds is 8. The molecule has 0 aliphatic carbocycles. The maximum Gasteiger partial charge on any atom is 0.250 e. The third-order valence-corrected chi connectivity index (χ3v) is 6.98. The number of hydrogen-bond acceptors (Lipinski definition) is 7. The Morgan fingerprint density at radius 3 is 2.65 bits per heavy atom. The van der Waals surface area contributed by atoms with Gasteiger partial charge in [0.05, 0.1) is 23.2 Å². The maximum absolute atomic E-state index is 15.2. The summed E-state index contributed by atoms with van der Waals surface area (Å²) in [5.41, 5.74) is 0.141. The monoisotopic (exact) mass is 523 g/mol. The number of H-pyrrole nitrogens is 1. The van der Waals surface area contributed by atoms with E-state index in [1.807, 2.05) is 0 Å². The van der Waals surface area contributed by atoms with Gasteiger partial charge in [-0.1, -0.05) is 6.92 Å². The van der Waals surface area contributed by atoms with Crippen LogP contribution in [0.15, 0.2) is 61.4 Å². The fourth-order valence-corrected chi connectivity index (χ4v) is 4.93. The van der Waals surface area contributed by atoms with E-state index in [-0.39, 0.29) is 11.3 Å². The van der Waals surface area contributed by atoms with Crippen molar-refractivity contribution in [1.29, 1.82) is 0 Å². The molecule has 13 heteroatoms. The van der Waals surface area contributed by atoms with Gasteiger partial charge in [0.1, 0.15) is 11.5 Å². The van der Waals surface area contributed by atoms with Gasteiger partial charge < -0.3 is 4.98 Å². The van der Waals surface area contributed by atoms with E-state index in [9.17, 15) is 17.6 Å². The second-order valence-electron chi connectivity index (χ2n) is 8.08. The number of nitrogens with zero attached hydrogens (tertiary/aromatic N) is 5. The van der Waals surface area contributed by atoms with Crippen LogP contribution < -0.4 is 4.72 Å². The van der Waals surface area contributed by atoms with Crippen LogP contribution in [0.5, 0.6) is 0 Å². The lowest BCUT2D eigenvalue weighted by molar-refractivity contribution is 0.103. The molecule has 0 unspecified atom stereocenters. The molecule has 5 aromatic rings. The van der Waals surface area contributed by atoms with Gasteiger partial charge in [-0.15, -0.1) is 0 Å². The first kappa shape index (κ1) is 24.2. The summed E-state index contributed by atoms with van der Waals surface area (Å²) in [6.07, 6.45) is 9.57. The van der Waals surface area contributed by atoms with E-state index < -0.39 is 38.7 Å². The predicted octanol–water partition coefficient (Wildman–Crippen LogP) is 3.87. The van der Waals surface area contributed by atoms with Crippen molar-refractivity contribution < 1.29 is 22.0 Å². The van der Waals surface area contributed by atoms with Crippen LogP contribution in [0.1, 0.15) is 29.3 Å². The van der Waals surface area contributed by atoms with Crippen molar-refractivity contribution in [2.24, 2.45) is 0 Å². The van der Waals surface area contributed by atoms with Gasteiger partial charge in [0.25, 0.3) is 0 Å². The van der Waals surface area contributed by atoms with Crippen LogP contribution in [0.4, 0.5) is 14.5 Å². The van der Waals surface area contributed by atoms with Gasteiger partial charge in [-0.3, -0.25) is 9.52 Å². The van der Waals surface area contributed by atoms with Crippen LogP contribution in [-0.2, 0) is 10.0 Å². The molecule has 1 aromatic carbocycles. The van der Waals surface area contributed by atoms with E-state index in [1.54, 1.807) is 50.0 Å². The summed E-state index contributed by atoms with van der Waals surface area (Å²) in [7, 11) is -3.86. The van der Waals surface area contributed by atoms with E-state index >= 15 is 4.39 Å². The Bertz CT molecular complexity index is 1730. The number of hydrogen-bond donors (Lipinski definition) is 2. The largest absolute Gasteiger partial charge is 0.345 e. The average Bonchev–Trinajstić information content (AvgIpc) is 3.53. The fourth-order valence-electron chi connectivity index (χ4n) is 3.80. The molecule has 5 rings (SSSR count). The maximum atomic E-state index is 15.2. The number of halogens is 2. The van der Waals surface area contributed by atoms with Crippen molar-refractivity contribution in [3.05, 3.63) is 84.2 Å². The molecule has 0 aliphatic heterocycles. The first-order chi connectivity index (χ1) is 17.8. The van der Waals surface area contributed by atoms with Gasteiger partial charge >= 0.3 is 0 Å². The highest BCUT2D eigenvalue weighted by atomic mass is 32.2. The summed E-state index contributed by atoms with van der Waals surface area (Å²) in [4.78, 5) is 28.7. The Kier molecular flexibility index (Phi) is 6.21. The average molecular weight is 524 g/mol. The third kappa shape index (κ3) is 4.68. The molecule has 10 nitrogen and oxygen atoms in total. The molecule has 4 heterocycles. The number of ketones is 1. The van der Waals surface area contributed by atoms with Crippen molar-refractivity contribution in [3.63, 3.8) is 0 Å². The summed E-state index contributed by atoms with van der Waals surface area (Å²) < 4.78 is 57.6. The van der Waals surface area contributed by atoms with Crippen molar-refractivity contribution >= 4 is 32.5 Å². The van der Waals surface area contributed by atoms with Crippen LogP contribution in [0.3, 0.4) is 0 Å². The number of carbonyl (C=O) groups is 1. The zero-order valence-corrected chi connectivity index (χ0v) is 20.1. The summed E-state index contributed by atoms with van der Waals surface area (Å²) in [6.45, 7) is 1.65. The molecule has 0 saturated carbocycles. The number of aromatic nitrogens is 6. The van der Waals surface area contributed by atoms with Crippen molar-refractivity contribution in [1.82, 2.24) is 29.7 Å². The van der Waals surface area contributed by atoms with Crippen LogP contribution in [0, 0.1) is 11.6 Å². The molecule has 0 aliphatic rings. The molecule has 2 N–H and O–H groups in total. The van der Waals surface area contributed by atoms with Crippen molar-refractivity contribution in [2.75, 3.05) is 10.5 Å². The number of aromatic amines is 1. The van der Waals surface area contributed by atoms with Crippen LogP contribution in [0.2, 0.25) is 0 Å². The minimum absolute atomic E-state index is 0.0329. The van der Waals surface area contributed by atoms with Gasteiger partial charge in [-0.25, -0.2) is 36.8 Å². The van der Waals surface area contributed by atoms with Gasteiger partial charge in [-0.05, 0) is 30.7 Å². The van der Waals surface area contributed by atoms with Crippen molar-refractivity contribution in [2.45, 2.75) is 13.3 Å². The summed E-state index contributed by atoms with van der Waals surface area (Å²) >= 11 is 0. The van der Waals surface area contributed by atoms with Crippen molar-refractivity contribution in [3.8, 4) is 17.1 Å². The molecule has 0 radical (unpaired) electrons. The first-order valence-corrected chi connectivity index (χ1v) is 12.8. The molecule has 0 spiro atoms. The Balaban J connectivity index is 1.53. The molecular formula is C24H19F2N7O3S. The number of anilines is 1. The van der Waals surface area contributed by atoms with E-state index in [2.05, 4.69) is 29.8 Å². The lowest BCUT2D eigenvalue weighted by atomic mass is 10.0. The Hall–Kier alpha value is -4.52. The number of pyridine rings is 1. The minimum Gasteiger partial charge on any atom is -0.345 e. The normalized spacial score (nSPS) is 11.6. The summed E-state index contributed by atoms with van der Waals surface area (Å²) in [5, 5.41) is 4.57. The quantitative estimate of drug-likeness (QED) is 0.295. The van der Waals surface area contributed by atoms with E-state index in [4.69, 9.17) is 0 Å². The third-order valence-electron chi connectivity index (χ3n) is 5.51. The number of fused-ring (bicyclic) bond motifs is 1. The number of sulfonamides is 1.